The van der Waals surface area contributed by atoms with Crippen LogP contribution in [0, 0.1) is 0 Å². The minimum atomic E-state index is 0.0723. The Morgan fingerprint density at radius 2 is 2.04 bits per heavy atom. The lowest BCUT2D eigenvalue weighted by molar-refractivity contribution is 0.0731. The maximum absolute atomic E-state index is 12.9. The molecule has 1 aromatic carbocycles. The van der Waals surface area contributed by atoms with Gasteiger partial charge >= 0.3 is 0 Å². The topological polar surface area (TPSA) is 38.1 Å². The van der Waals surface area contributed by atoms with Gasteiger partial charge < -0.3 is 4.90 Å². The fourth-order valence-electron chi connectivity index (χ4n) is 2.64. The summed E-state index contributed by atoms with van der Waals surface area (Å²) >= 11 is 1.70. The number of rotatable bonds is 5. The van der Waals surface area contributed by atoms with Crippen molar-refractivity contribution in [1.82, 2.24) is 14.7 Å². The lowest BCUT2D eigenvalue weighted by Crippen LogP contribution is -2.32. The van der Waals surface area contributed by atoms with Crippen LogP contribution in [0.25, 0.3) is 5.69 Å². The molecule has 5 heteroatoms. The van der Waals surface area contributed by atoms with E-state index in [-0.39, 0.29) is 5.91 Å². The molecule has 0 N–H and O–H groups in total. The fraction of sp³-hybridized carbons (Fsp3) is 0.222. The van der Waals surface area contributed by atoms with Gasteiger partial charge in [-0.2, -0.15) is 5.10 Å². The summed E-state index contributed by atoms with van der Waals surface area (Å²) in [5.74, 6) is 0.0723. The van der Waals surface area contributed by atoms with E-state index in [1.165, 1.54) is 4.88 Å². The smallest absolute Gasteiger partial charge is 0.257 e. The van der Waals surface area contributed by atoms with Crippen LogP contribution >= 0.6 is 11.3 Å². The van der Waals surface area contributed by atoms with Crippen molar-refractivity contribution in [3.63, 3.8) is 0 Å². The molecular weight excluding hydrogens is 306 g/mol. The van der Waals surface area contributed by atoms with Crippen LogP contribution in [0.4, 0.5) is 0 Å². The van der Waals surface area contributed by atoms with Crippen molar-refractivity contribution in [3.8, 4) is 5.69 Å². The Kier molecular flexibility index (Phi) is 3.71. The third-order valence-corrected chi connectivity index (χ3v) is 4.87. The molecule has 4 rings (SSSR count). The molecule has 1 amide bonds. The van der Waals surface area contributed by atoms with Crippen molar-refractivity contribution < 1.29 is 4.79 Å². The maximum Gasteiger partial charge on any atom is 0.257 e. The highest BCUT2D eigenvalue weighted by atomic mass is 32.1. The normalized spacial score (nSPS) is 13.9. The predicted octanol–water partition coefficient (Wildman–Crippen LogP) is 3.74. The standard InChI is InChI=1S/C18H17N3OS/c22-18(20(15-8-9-15)13-17-7-4-10-23-17)14-11-19-21(12-14)16-5-2-1-3-6-16/h1-7,10-12,15H,8-9,13H2. The van der Waals surface area contributed by atoms with Gasteiger partial charge in [-0.1, -0.05) is 24.3 Å². The zero-order valence-electron chi connectivity index (χ0n) is 12.6. The summed E-state index contributed by atoms with van der Waals surface area (Å²) in [6.07, 6.45) is 5.69. The lowest BCUT2D eigenvalue weighted by Gasteiger charge is -2.21. The Hall–Kier alpha value is -2.40. The molecule has 0 saturated heterocycles. The Bertz CT molecular complexity index is 791. The van der Waals surface area contributed by atoms with E-state index >= 15 is 0 Å². The van der Waals surface area contributed by atoms with Crippen LogP contribution in [0.2, 0.25) is 0 Å². The summed E-state index contributed by atoms with van der Waals surface area (Å²) in [4.78, 5) is 16.1. The largest absolute Gasteiger partial charge is 0.330 e. The molecule has 1 saturated carbocycles. The molecule has 3 aromatic rings. The van der Waals surface area contributed by atoms with E-state index in [9.17, 15) is 4.79 Å². The minimum absolute atomic E-state index is 0.0723. The van der Waals surface area contributed by atoms with Crippen molar-refractivity contribution in [2.45, 2.75) is 25.4 Å². The summed E-state index contributed by atoms with van der Waals surface area (Å²) < 4.78 is 1.75. The summed E-state index contributed by atoms with van der Waals surface area (Å²) in [6, 6.07) is 14.3. The molecule has 1 fully saturated rings. The van der Waals surface area contributed by atoms with E-state index in [0.29, 0.717) is 18.2 Å². The molecule has 1 aliphatic carbocycles. The van der Waals surface area contributed by atoms with Crippen molar-refractivity contribution in [2.75, 3.05) is 0 Å². The first-order valence-corrected chi connectivity index (χ1v) is 8.63. The number of aromatic nitrogens is 2. The average Bonchev–Trinajstić information content (AvgIpc) is 3.10. The summed E-state index contributed by atoms with van der Waals surface area (Å²) in [5.41, 5.74) is 1.61. The van der Waals surface area contributed by atoms with E-state index < -0.39 is 0 Å². The Morgan fingerprint density at radius 1 is 1.22 bits per heavy atom. The zero-order valence-corrected chi connectivity index (χ0v) is 13.4. The quantitative estimate of drug-likeness (QED) is 0.717. The Labute approximate surface area is 139 Å². The third kappa shape index (κ3) is 3.05. The van der Waals surface area contributed by atoms with Gasteiger partial charge in [-0.15, -0.1) is 11.3 Å². The highest BCUT2D eigenvalue weighted by Crippen LogP contribution is 2.30. The summed E-state index contributed by atoms with van der Waals surface area (Å²) in [7, 11) is 0. The van der Waals surface area contributed by atoms with Crippen molar-refractivity contribution in [3.05, 3.63) is 70.7 Å². The third-order valence-electron chi connectivity index (χ3n) is 4.01. The highest BCUT2D eigenvalue weighted by Gasteiger charge is 2.33. The van der Waals surface area contributed by atoms with Gasteiger partial charge in [0.1, 0.15) is 0 Å². The molecule has 0 spiro atoms. The molecule has 0 unspecified atom stereocenters. The minimum Gasteiger partial charge on any atom is -0.330 e. The monoisotopic (exact) mass is 323 g/mol. The second-order valence-electron chi connectivity index (χ2n) is 5.75. The van der Waals surface area contributed by atoms with Crippen LogP contribution in [-0.2, 0) is 6.54 Å². The van der Waals surface area contributed by atoms with Crippen molar-refractivity contribution >= 4 is 17.2 Å². The number of benzene rings is 1. The Morgan fingerprint density at radius 3 is 2.74 bits per heavy atom. The maximum atomic E-state index is 12.9. The molecule has 0 bridgehead atoms. The molecule has 116 valence electrons. The second-order valence-corrected chi connectivity index (χ2v) is 6.78. The van der Waals surface area contributed by atoms with Gasteiger partial charge in [0.15, 0.2) is 0 Å². The van der Waals surface area contributed by atoms with Crippen molar-refractivity contribution in [2.24, 2.45) is 0 Å². The predicted molar refractivity (Wildman–Crippen MR) is 90.8 cm³/mol. The molecule has 4 nitrogen and oxygen atoms in total. The molecular formula is C18H17N3OS. The van der Waals surface area contributed by atoms with Crippen LogP contribution < -0.4 is 0 Å². The summed E-state index contributed by atoms with van der Waals surface area (Å²) in [6.45, 7) is 0.692. The van der Waals surface area contributed by atoms with Crippen LogP contribution in [0.5, 0.6) is 0 Å². The van der Waals surface area contributed by atoms with Gasteiger partial charge in [0, 0.05) is 17.1 Å². The number of hydrogen-bond acceptors (Lipinski definition) is 3. The van der Waals surface area contributed by atoms with Crippen molar-refractivity contribution in [1.29, 1.82) is 0 Å². The van der Waals surface area contributed by atoms with Gasteiger partial charge in [-0.3, -0.25) is 4.79 Å². The number of nitrogens with zero attached hydrogens (tertiary/aromatic N) is 3. The zero-order chi connectivity index (χ0) is 15.6. The first kappa shape index (κ1) is 14.2. The van der Waals surface area contributed by atoms with E-state index in [0.717, 1.165) is 18.5 Å². The fourth-order valence-corrected chi connectivity index (χ4v) is 3.35. The molecule has 0 radical (unpaired) electrons. The lowest BCUT2D eigenvalue weighted by atomic mass is 10.2. The average molecular weight is 323 g/mol. The molecule has 0 aliphatic heterocycles. The number of para-hydroxylation sites is 1. The number of carbonyl (C=O) groups is 1. The van der Waals surface area contributed by atoms with Crippen LogP contribution in [0.15, 0.2) is 60.2 Å². The molecule has 2 heterocycles. The van der Waals surface area contributed by atoms with Gasteiger partial charge in [0.2, 0.25) is 0 Å². The first-order chi connectivity index (χ1) is 11.3. The van der Waals surface area contributed by atoms with Gasteiger partial charge in [-0.25, -0.2) is 4.68 Å². The van der Waals surface area contributed by atoms with Gasteiger partial charge in [0.25, 0.3) is 5.91 Å². The molecule has 1 aliphatic rings. The molecule has 0 atom stereocenters. The molecule has 2 aromatic heterocycles. The van der Waals surface area contributed by atoms with E-state index in [4.69, 9.17) is 0 Å². The second kappa shape index (κ2) is 6.01. The first-order valence-electron chi connectivity index (χ1n) is 7.75. The van der Waals surface area contributed by atoms with E-state index in [1.807, 2.05) is 47.5 Å². The summed E-state index contributed by atoms with van der Waals surface area (Å²) in [5, 5.41) is 6.39. The van der Waals surface area contributed by atoms with E-state index in [1.54, 1.807) is 22.2 Å². The van der Waals surface area contributed by atoms with Gasteiger partial charge in [0.05, 0.1) is 24.0 Å². The number of carbonyl (C=O) groups excluding carboxylic acids is 1. The molecule has 23 heavy (non-hydrogen) atoms. The number of thiophene rings is 1. The number of amides is 1. The van der Waals surface area contributed by atoms with Crippen LogP contribution in [0.1, 0.15) is 28.1 Å². The van der Waals surface area contributed by atoms with Gasteiger partial charge in [-0.05, 0) is 36.4 Å². The van der Waals surface area contributed by atoms with E-state index in [2.05, 4.69) is 16.5 Å². The number of hydrogen-bond donors (Lipinski definition) is 0. The SMILES string of the molecule is O=C(c1cnn(-c2ccccc2)c1)N(Cc1cccs1)C1CC1. The van der Waals surface area contributed by atoms with Crippen LogP contribution in [0.3, 0.4) is 0 Å². The Balaban J connectivity index is 1.56. The highest BCUT2D eigenvalue weighted by molar-refractivity contribution is 7.09. The van der Waals surface area contributed by atoms with Crippen LogP contribution in [-0.4, -0.2) is 26.6 Å².